The molecule has 1 aromatic carbocycles. The quantitative estimate of drug-likeness (QED) is 0.191. The summed E-state index contributed by atoms with van der Waals surface area (Å²) in [5.74, 6) is 2.32. The van der Waals surface area contributed by atoms with Gasteiger partial charge in [-0.3, -0.25) is 4.99 Å². The summed E-state index contributed by atoms with van der Waals surface area (Å²) >= 11 is 0. The van der Waals surface area contributed by atoms with Crippen molar-refractivity contribution in [2.75, 3.05) is 59.5 Å². The van der Waals surface area contributed by atoms with E-state index in [1.807, 2.05) is 19.2 Å². The van der Waals surface area contributed by atoms with Gasteiger partial charge in [-0.2, -0.15) is 0 Å². The summed E-state index contributed by atoms with van der Waals surface area (Å²) in [7, 11) is 1.83. The van der Waals surface area contributed by atoms with Gasteiger partial charge in [0.25, 0.3) is 0 Å². The Hall–Kier alpha value is -1.06. The van der Waals surface area contributed by atoms with Crippen LogP contribution >= 0.6 is 24.0 Å². The molecule has 1 fully saturated rings. The molecule has 0 radical (unpaired) electrons. The van der Waals surface area contributed by atoms with Crippen molar-refractivity contribution in [3.05, 3.63) is 29.8 Å². The van der Waals surface area contributed by atoms with Crippen molar-refractivity contribution in [1.82, 2.24) is 20.4 Å². The molecule has 1 aliphatic rings. The highest BCUT2D eigenvalue weighted by atomic mass is 127. The van der Waals surface area contributed by atoms with Crippen LogP contribution in [0.25, 0.3) is 0 Å². The molecular weight excluding hydrogens is 501 g/mol. The Morgan fingerprint density at radius 3 is 2.26 bits per heavy atom. The molecule has 1 heterocycles. The molecule has 7 heteroatoms. The molecule has 1 saturated heterocycles. The maximum absolute atomic E-state index is 5.77. The van der Waals surface area contributed by atoms with E-state index in [4.69, 9.17) is 4.74 Å². The Labute approximate surface area is 207 Å². The summed E-state index contributed by atoms with van der Waals surface area (Å²) in [5, 5.41) is 6.94. The van der Waals surface area contributed by atoms with Crippen LogP contribution in [0.15, 0.2) is 29.3 Å². The van der Waals surface area contributed by atoms with Gasteiger partial charge in [-0.05, 0) is 56.5 Å². The predicted octanol–water partition coefficient (Wildman–Crippen LogP) is 3.98. The lowest BCUT2D eigenvalue weighted by molar-refractivity contribution is 0.136. The van der Waals surface area contributed by atoms with Crippen LogP contribution in [0.2, 0.25) is 0 Å². The Kier molecular flexibility index (Phi) is 14.2. The van der Waals surface area contributed by atoms with Crippen molar-refractivity contribution < 1.29 is 4.74 Å². The van der Waals surface area contributed by atoms with E-state index in [9.17, 15) is 0 Å². The van der Waals surface area contributed by atoms with Crippen LogP contribution < -0.4 is 15.4 Å². The Balaban J connectivity index is 0.00000480. The van der Waals surface area contributed by atoms with Gasteiger partial charge in [0.1, 0.15) is 5.75 Å². The van der Waals surface area contributed by atoms with Gasteiger partial charge < -0.3 is 25.2 Å². The van der Waals surface area contributed by atoms with Crippen LogP contribution in [0.3, 0.4) is 0 Å². The third kappa shape index (κ3) is 10.9. The zero-order chi connectivity index (χ0) is 21.8. The van der Waals surface area contributed by atoms with E-state index >= 15 is 0 Å². The Bertz CT molecular complexity index is 615. The molecule has 0 spiro atoms. The topological polar surface area (TPSA) is 52.1 Å². The van der Waals surface area contributed by atoms with E-state index in [1.54, 1.807) is 0 Å². The summed E-state index contributed by atoms with van der Waals surface area (Å²) in [4.78, 5) is 9.50. The fraction of sp³-hybridized carbons (Fsp3) is 0.708. The number of hydrogen-bond acceptors (Lipinski definition) is 4. The fourth-order valence-electron chi connectivity index (χ4n) is 3.59. The molecule has 1 aromatic rings. The number of ether oxygens (including phenoxy) is 1. The second-order valence-corrected chi connectivity index (χ2v) is 8.62. The molecule has 1 atom stereocenters. The van der Waals surface area contributed by atoms with Gasteiger partial charge >= 0.3 is 0 Å². The lowest BCUT2D eigenvalue weighted by atomic mass is 10.1. The number of benzene rings is 1. The zero-order valence-corrected chi connectivity index (χ0v) is 22.5. The van der Waals surface area contributed by atoms with Gasteiger partial charge in [-0.25, -0.2) is 0 Å². The molecule has 2 rings (SSSR count). The molecule has 31 heavy (non-hydrogen) atoms. The van der Waals surface area contributed by atoms with Gasteiger partial charge in [-0.1, -0.05) is 32.9 Å². The monoisotopic (exact) mass is 545 g/mol. The average molecular weight is 546 g/mol. The molecule has 178 valence electrons. The molecule has 0 saturated carbocycles. The number of piperazine rings is 1. The van der Waals surface area contributed by atoms with Crippen molar-refractivity contribution in [2.45, 2.75) is 46.6 Å². The summed E-state index contributed by atoms with van der Waals surface area (Å²) < 4.78 is 5.77. The lowest BCUT2D eigenvalue weighted by Gasteiger charge is -2.34. The first-order valence-corrected chi connectivity index (χ1v) is 11.7. The van der Waals surface area contributed by atoms with Crippen molar-refractivity contribution in [3.8, 4) is 5.75 Å². The fourth-order valence-corrected chi connectivity index (χ4v) is 3.59. The van der Waals surface area contributed by atoms with Crippen LogP contribution in [-0.2, 0) is 0 Å². The van der Waals surface area contributed by atoms with Crippen molar-refractivity contribution in [2.24, 2.45) is 10.9 Å². The number of guanidine groups is 1. The number of halogens is 1. The van der Waals surface area contributed by atoms with Crippen molar-refractivity contribution in [3.63, 3.8) is 0 Å². The lowest BCUT2D eigenvalue weighted by Crippen LogP contribution is -2.46. The van der Waals surface area contributed by atoms with Gasteiger partial charge in [0, 0.05) is 39.8 Å². The molecular formula is C24H44IN5O. The molecule has 6 nitrogen and oxygen atoms in total. The van der Waals surface area contributed by atoms with E-state index in [-0.39, 0.29) is 30.0 Å². The first-order chi connectivity index (χ1) is 14.5. The Morgan fingerprint density at radius 2 is 1.68 bits per heavy atom. The largest absolute Gasteiger partial charge is 0.493 e. The maximum Gasteiger partial charge on any atom is 0.191 e. The van der Waals surface area contributed by atoms with Gasteiger partial charge in [-0.15, -0.1) is 24.0 Å². The van der Waals surface area contributed by atoms with Gasteiger partial charge in [0.2, 0.25) is 0 Å². The highest BCUT2D eigenvalue weighted by molar-refractivity contribution is 14.0. The number of likely N-dealkylation sites (N-methyl/N-ethyl adjacent to an activating group) is 1. The number of nitrogens with one attached hydrogen (secondary N) is 2. The van der Waals surface area contributed by atoms with Crippen LogP contribution in [0.4, 0.5) is 0 Å². The summed E-state index contributed by atoms with van der Waals surface area (Å²) in [6.45, 7) is 17.7. The third-order valence-electron chi connectivity index (χ3n) is 5.65. The number of aliphatic imine (C=N–C) groups is 1. The van der Waals surface area contributed by atoms with Gasteiger partial charge in [0.15, 0.2) is 5.96 Å². The molecule has 1 aliphatic heterocycles. The SMILES string of the molecule is CCN1CCN(CCCCNC(=NC)NC(C)c2ccc(OCC(C)C)cc2)CC1.I. The van der Waals surface area contributed by atoms with E-state index in [0.29, 0.717) is 5.92 Å². The maximum atomic E-state index is 5.77. The number of unbranched alkanes of at least 4 members (excludes halogenated alkanes) is 1. The molecule has 0 amide bonds. The standard InChI is InChI=1S/C24H43N5O.HI/c1-6-28-15-17-29(18-16-28)14-8-7-13-26-24(25-5)27-21(4)22-9-11-23(12-10-22)30-19-20(2)3;/h9-12,20-21H,6-8,13-19H2,1-5H3,(H2,25,26,27);1H. The van der Waals surface area contributed by atoms with Crippen LogP contribution in [0.5, 0.6) is 5.75 Å². The molecule has 1 unspecified atom stereocenters. The second kappa shape index (κ2) is 15.7. The predicted molar refractivity (Wildman–Crippen MR) is 143 cm³/mol. The molecule has 2 N–H and O–H groups in total. The molecule has 0 bridgehead atoms. The zero-order valence-electron chi connectivity index (χ0n) is 20.2. The van der Waals surface area contributed by atoms with Gasteiger partial charge in [0.05, 0.1) is 12.6 Å². The summed E-state index contributed by atoms with van der Waals surface area (Å²) in [5.41, 5.74) is 1.22. The minimum atomic E-state index is 0. The van der Waals surface area contributed by atoms with Crippen molar-refractivity contribution in [1.29, 1.82) is 0 Å². The number of nitrogens with zero attached hydrogens (tertiary/aromatic N) is 3. The summed E-state index contributed by atoms with van der Waals surface area (Å²) in [6.07, 6.45) is 2.38. The molecule has 0 aromatic heterocycles. The first-order valence-electron chi connectivity index (χ1n) is 11.7. The Morgan fingerprint density at radius 1 is 1.03 bits per heavy atom. The van der Waals surface area contributed by atoms with E-state index in [2.05, 4.69) is 65.3 Å². The number of rotatable bonds is 11. The smallest absolute Gasteiger partial charge is 0.191 e. The van der Waals surface area contributed by atoms with E-state index in [0.717, 1.165) is 31.3 Å². The highest BCUT2D eigenvalue weighted by Gasteiger charge is 2.14. The third-order valence-corrected chi connectivity index (χ3v) is 5.65. The first kappa shape index (κ1) is 28.0. The minimum absolute atomic E-state index is 0. The van der Waals surface area contributed by atoms with E-state index in [1.165, 1.54) is 51.3 Å². The summed E-state index contributed by atoms with van der Waals surface area (Å²) in [6, 6.07) is 8.53. The number of hydrogen-bond donors (Lipinski definition) is 2. The minimum Gasteiger partial charge on any atom is -0.493 e. The van der Waals surface area contributed by atoms with Crippen molar-refractivity contribution >= 4 is 29.9 Å². The van der Waals surface area contributed by atoms with Crippen LogP contribution in [-0.4, -0.2) is 75.2 Å². The van der Waals surface area contributed by atoms with Crippen LogP contribution in [0.1, 0.15) is 52.1 Å². The van der Waals surface area contributed by atoms with Crippen LogP contribution in [0, 0.1) is 5.92 Å². The second-order valence-electron chi connectivity index (χ2n) is 8.62. The normalized spacial score (nSPS) is 16.6. The van der Waals surface area contributed by atoms with E-state index < -0.39 is 0 Å². The molecule has 0 aliphatic carbocycles. The highest BCUT2D eigenvalue weighted by Crippen LogP contribution is 2.18. The average Bonchev–Trinajstić information content (AvgIpc) is 2.77.